The number of carboxylic acid groups (broad SMARTS) is 1. The molecule has 0 aliphatic heterocycles. The standard InChI is InChI=1S/C31H28N2O4/c1-20-12-14-22(15-13-20)33-23(16-17-28(35)36)18-25-26(19-32(2)31(37)30(25)33)29(21-8-4-3-5-9-21)24-10-6-7-11-27(24)34/h3-15,18-19,29,34H,16-17H2,1-2H3,(H,35,36). The van der Waals surface area contributed by atoms with Gasteiger partial charge in [0.1, 0.15) is 11.3 Å². The molecule has 186 valence electrons. The third-order valence-electron chi connectivity index (χ3n) is 6.82. The number of para-hydroxylation sites is 1. The molecule has 3 aromatic carbocycles. The van der Waals surface area contributed by atoms with Crippen molar-refractivity contribution in [2.75, 3.05) is 0 Å². The van der Waals surface area contributed by atoms with Crippen LogP contribution in [0.3, 0.4) is 0 Å². The van der Waals surface area contributed by atoms with E-state index in [2.05, 4.69) is 0 Å². The lowest BCUT2D eigenvalue weighted by Crippen LogP contribution is -2.21. The van der Waals surface area contributed by atoms with Crippen molar-refractivity contribution in [2.45, 2.75) is 25.7 Å². The fraction of sp³-hybridized carbons (Fsp3) is 0.161. The van der Waals surface area contributed by atoms with Gasteiger partial charge in [-0.05, 0) is 48.7 Å². The molecule has 0 aliphatic rings. The van der Waals surface area contributed by atoms with E-state index in [1.54, 1.807) is 23.7 Å². The third-order valence-corrected chi connectivity index (χ3v) is 6.82. The number of hydrogen-bond donors (Lipinski definition) is 2. The number of aliphatic carboxylic acids is 1. The van der Waals surface area contributed by atoms with Gasteiger partial charge in [0, 0.05) is 41.5 Å². The monoisotopic (exact) mass is 492 g/mol. The second-order valence-corrected chi connectivity index (χ2v) is 9.37. The summed E-state index contributed by atoms with van der Waals surface area (Å²) >= 11 is 0. The summed E-state index contributed by atoms with van der Waals surface area (Å²) in [5.74, 6) is -1.08. The lowest BCUT2D eigenvalue weighted by molar-refractivity contribution is -0.136. The minimum absolute atomic E-state index is 0.0561. The maximum Gasteiger partial charge on any atom is 0.303 e. The van der Waals surface area contributed by atoms with Crippen molar-refractivity contribution in [3.63, 3.8) is 0 Å². The molecule has 2 aromatic heterocycles. The number of carboxylic acids is 1. The van der Waals surface area contributed by atoms with Crippen LogP contribution in [0.15, 0.2) is 95.9 Å². The molecule has 0 amide bonds. The zero-order valence-electron chi connectivity index (χ0n) is 20.8. The molecule has 5 rings (SSSR count). The van der Waals surface area contributed by atoms with Gasteiger partial charge in [0.05, 0.1) is 6.42 Å². The van der Waals surface area contributed by atoms with Crippen molar-refractivity contribution in [1.82, 2.24) is 9.13 Å². The normalized spacial score (nSPS) is 12.1. The summed E-state index contributed by atoms with van der Waals surface area (Å²) in [6.45, 7) is 2.00. The Morgan fingerprint density at radius 1 is 0.919 bits per heavy atom. The molecule has 1 unspecified atom stereocenters. The van der Waals surface area contributed by atoms with Crippen LogP contribution in [0.25, 0.3) is 16.6 Å². The zero-order chi connectivity index (χ0) is 26.1. The average molecular weight is 493 g/mol. The Morgan fingerprint density at radius 3 is 2.27 bits per heavy atom. The fourth-order valence-corrected chi connectivity index (χ4v) is 5.04. The summed E-state index contributed by atoms with van der Waals surface area (Å²) in [6, 6.07) is 26.9. The number of aryl methyl sites for hydroxylation is 3. The van der Waals surface area contributed by atoms with E-state index in [1.165, 1.54) is 0 Å². The lowest BCUT2D eigenvalue weighted by atomic mass is 9.84. The Labute approximate surface area is 214 Å². The van der Waals surface area contributed by atoms with E-state index in [9.17, 15) is 19.8 Å². The molecule has 0 spiro atoms. The van der Waals surface area contributed by atoms with Crippen LogP contribution in [0.1, 0.15) is 40.3 Å². The van der Waals surface area contributed by atoms with Gasteiger partial charge in [0.15, 0.2) is 0 Å². The van der Waals surface area contributed by atoms with Gasteiger partial charge in [0.25, 0.3) is 5.56 Å². The summed E-state index contributed by atoms with van der Waals surface area (Å²) in [6.07, 6.45) is 2.04. The third kappa shape index (κ3) is 4.54. The van der Waals surface area contributed by atoms with Gasteiger partial charge in [-0.15, -0.1) is 0 Å². The van der Waals surface area contributed by atoms with E-state index < -0.39 is 5.97 Å². The number of aromatic nitrogens is 2. The molecule has 0 fully saturated rings. The Balaban J connectivity index is 1.86. The molecule has 6 nitrogen and oxygen atoms in total. The number of benzene rings is 3. The van der Waals surface area contributed by atoms with Gasteiger partial charge in [-0.3, -0.25) is 9.59 Å². The predicted molar refractivity (Wildman–Crippen MR) is 145 cm³/mol. The highest BCUT2D eigenvalue weighted by molar-refractivity contribution is 5.87. The van der Waals surface area contributed by atoms with Crippen LogP contribution >= 0.6 is 0 Å². The zero-order valence-corrected chi connectivity index (χ0v) is 20.8. The molecule has 0 aliphatic carbocycles. The van der Waals surface area contributed by atoms with Crippen molar-refractivity contribution in [3.8, 4) is 11.4 Å². The number of nitrogens with zero attached hydrogens (tertiary/aromatic N) is 2. The highest BCUT2D eigenvalue weighted by Crippen LogP contribution is 2.40. The largest absolute Gasteiger partial charge is 0.508 e. The minimum Gasteiger partial charge on any atom is -0.508 e. The second-order valence-electron chi connectivity index (χ2n) is 9.37. The van der Waals surface area contributed by atoms with Crippen molar-refractivity contribution in [2.24, 2.45) is 7.05 Å². The molecule has 2 heterocycles. The van der Waals surface area contributed by atoms with Gasteiger partial charge < -0.3 is 19.3 Å². The van der Waals surface area contributed by atoms with Gasteiger partial charge in [-0.2, -0.15) is 0 Å². The number of phenolic OH excluding ortho intramolecular Hbond substituents is 1. The molecule has 0 radical (unpaired) electrons. The molecule has 1 atom stereocenters. The Hall–Kier alpha value is -4.58. The number of aromatic hydroxyl groups is 1. The first kappa shape index (κ1) is 24.1. The minimum atomic E-state index is -0.898. The molecule has 37 heavy (non-hydrogen) atoms. The quantitative estimate of drug-likeness (QED) is 0.312. The summed E-state index contributed by atoms with van der Waals surface area (Å²) < 4.78 is 3.45. The molecule has 5 aromatic rings. The first-order valence-electron chi connectivity index (χ1n) is 12.2. The number of fused-ring (bicyclic) bond motifs is 1. The van der Waals surface area contributed by atoms with E-state index in [0.717, 1.165) is 39.0 Å². The van der Waals surface area contributed by atoms with Gasteiger partial charge in [-0.25, -0.2) is 0 Å². The molecule has 6 heteroatoms. The predicted octanol–water partition coefficient (Wildman–Crippen LogP) is 5.54. The van der Waals surface area contributed by atoms with E-state index in [1.807, 2.05) is 90.5 Å². The molecule has 0 bridgehead atoms. The van der Waals surface area contributed by atoms with E-state index in [4.69, 9.17) is 0 Å². The molecule has 0 saturated heterocycles. The van der Waals surface area contributed by atoms with Gasteiger partial charge >= 0.3 is 5.97 Å². The van der Waals surface area contributed by atoms with Crippen molar-refractivity contribution in [1.29, 1.82) is 0 Å². The van der Waals surface area contributed by atoms with Crippen LogP contribution in [-0.2, 0) is 18.3 Å². The van der Waals surface area contributed by atoms with Crippen molar-refractivity contribution >= 4 is 16.9 Å². The average Bonchev–Trinajstić information content (AvgIpc) is 3.28. The van der Waals surface area contributed by atoms with Crippen LogP contribution in [0.4, 0.5) is 0 Å². The molecular weight excluding hydrogens is 464 g/mol. The highest BCUT2D eigenvalue weighted by Gasteiger charge is 2.26. The second kappa shape index (κ2) is 9.82. The fourth-order valence-electron chi connectivity index (χ4n) is 5.04. The summed E-state index contributed by atoms with van der Waals surface area (Å²) in [5.41, 5.74) is 5.49. The van der Waals surface area contributed by atoms with Crippen molar-refractivity contribution < 1.29 is 15.0 Å². The highest BCUT2D eigenvalue weighted by atomic mass is 16.4. The first-order chi connectivity index (χ1) is 17.8. The topological polar surface area (TPSA) is 84.5 Å². The number of phenols is 1. The van der Waals surface area contributed by atoms with Crippen LogP contribution < -0.4 is 5.56 Å². The van der Waals surface area contributed by atoms with E-state index >= 15 is 0 Å². The Kier molecular flexibility index (Phi) is 6.40. The van der Waals surface area contributed by atoms with Crippen LogP contribution in [0.2, 0.25) is 0 Å². The summed E-state index contributed by atoms with van der Waals surface area (Å²) in [5, 5.41) is 21.0. The smallest absolute Gasteiger partial charge is 0.303 e. The molecule has 2 N–H and O–H groups in total. The Morgan fingerprint density at radius 2 is 1.59 bits per heavy atom. The van der Waals surface area contributed by atoms with Gasteiger partial charge in [0.2, 0.25) is 0 Å². The van der Waals surface area contributed by atoms with E-state index in [0.29, 0.717) is 5.52 Å². The van der Waals surface area contributed by atoms with Crippen LogP contribution in [0.5, 0.6) is 5.75 Å². The summed E-state index contributed by atoms with van der Waals surface area (Å²) in [4.78, 5) is 25.1. The van der Waals surface area contributed by atoms with Gasteiger partial charge in [-0.1, -0.05) is 66.2 Å². The number of hydrogen-bond acceptors (Lipinski definition) is 3. The SMILES string of the molecule is Cc1ccc(-n2c(CCC(=O)O)cc3c(C(c4ccccc4)c4ccccc4O)cn(C)c(=O)c32)cc1. The lowest BCUT2D eigenvalue weighted by Gasteiger charge is -2.21. The number of carbonyl (C=O) groups is 1. The maximum atomic E-state index is 13.6. The first-order valence-corrected chi connectivity index (χ1v) is 12.2. The number of pyridine rings is 1. The van der Waals surface area contributed by atoms with E-state index in [-0.39, 0.29) is 30.1 Å². The van der Waals surface area contributed by atoms with Crippen molar-refractivity contribution in [3.05, 3.63) is 129 Å². The Bertz CT molecular complexity index is 1650. The maximum absolute atomic E-state index is 13.6. The number of rotatable bonds is 7. The van der Waals surface area contributed by atoms with Crippen LogP contribution in [-0.4, -0.2) is 25.3 Å². The van der Waals surface area contributed by atoms with Crippen LogP contribution in [0, 0.1) is 6.92 Å². The molecule has 0 saturated carbocycles. The summed E-state index contributed by atoms with van der Waals surface area (Å²) in [7, 11) is 1.72. The molecular formula is C31H28N2O4.